The van der Waals surface area contributed by atoms with Crippen molar-refractivity contribution in [2.45, 2.75) is 45.2 Å². The number of rotatable bonds is 3. The van der Waals surface area contributed by atoms with Crippen molar-refractivity contribution in [3.05, 3.63) is 35.9 Å². The van der Waals surface area contributed by atoms with E-state index in [4.69, 9.17) is 5.73 Å². The van der Waals surface area contributed by atoms with Gasteiger partial charge in [0, 0.05) is 17.5 Å². The molecule has 18 heavy (non-hydrogen) atoms. The molecule has 1 aromatic carbocycles. The van der Waals surface area contributed by atoms with Gasteiger partial charge in [0.2, 0.25) is 5.91 Å². The van der Waals surface area contributed by atoms with Crippen molar-refractivity contribution in [2.24, 2.45) is 11.1 Å². The molecule has 3 heteroatoms. The molecule has 2 rings (SSSR count). The summed E-state index contributed by atoms with van der Waals surface area (Å²) in [6, 6.07) is 10.2. The Morgan fingerprint density at radius 3 is 2.50 bits per heavy atom. The van der Waals surface area contributed by atoms with Crippen molar-refractivity contribution < 1.29 is 4.79 Å². The third-order valence-electron chi connectivity index (χ3n) is 4.35. The van der Waals surface area contributed by atoms with Crippen LogP contribution in [-0.4, -0.2) is 18.0 Å². The van der Waals surface area contributed by atoms with Crippen LogP contribution in [0.4, 0.5) is 0 Å². The minimum Gasteiger partial charge on any atom is -0.352 e. The first-order valence-electron chi connectivity index (χ1n) is 6.54. The Morgan fingerprint density at radius 2 is 2.00 bits per heavy atom. The average molecular weight is 246 g/mol. The number of nitrogens with one attached hydrogen (secondary N) is 1. The average Bonchev–Trinajstić information content (AvgIpc) is 2.38. The van der Waals surface area contributed by atoms with Gasteiger partial charge in [0.05, 0.1) is 5.92 Å². The highest BCUT2D eigenvalue weighted by atomic mass is 16.1. The van der Waals surface area contributed by atoms with Gasteiger partial charge in [-0.1, -0.05) is 44.2 Å². The van der Waals surface area contributed by atoms with E-state index in [0.717, 1.165) is 12.0 Å². The molecule has 0 spiro atoms. The van der Waals surface area contributed by atoms with Crippen LogP contribution in [0.3, 0.4) is 0 Å². The molecule has 0 aromatic heterocycles. The van der Waals surface area contributed by atoms with E-state index in [0.29, 0.717) is 0 Å². The number of benzene rings is 1. The molecule has 0 aliphatic heterocycles. The first-order chi connectivity index (χ1) is 8.43. The number of carbonyl (C=O) groups is 1. The van der Waals surface area contributed by atoms with Crippen LogP contribution in [0.25, 0.3) is 0 Å². The van der Waals surface area contributed by atoms with Crippen LogP contribution in [-0.2, 0) is 4.79 Å². The van der Waals surface area contributed by atoms with Crippen molar-refractivity contribution in [1.82, 2.24) is 5.32 Å². The SMILES string of the molecule is CC(C(=O)NC1CC(N)C1(C)C)c1ccccc1. The van der Waals surface area contributed by atoms with E-state index in [1.807, 2.05) is 37.3 Å². The Labute approximate surface area is 109 Å². The molecule has 1 fully saturated rings. The van der Waals surface area contributed by atoms with Gasteiger partial charge < -0.3 is 11.1 Å². The molecule has 3 N–H and O–H groups in total. The standard InChI is InChI=1S/C15H22N2O/c1-10(11-7-5-4-6-8-11)14(18)17-13-9-12(16)15(13,2)3/h4-8,10,12-13H,9,16H2,1-3H3,(H,17,18). The Balaban J connectivity index is 1.97. The Hall–Kier alpha value is -1.35. The van der Waals surface area contributed by atoms with Crippen LogP contribution in [0.15, 0.2) is 30.3 Å². The zero-order valence-corrected chi connectivity index (χ0v) is 11.3. The topological polar surface area (TPSA) is 55.1 Å². The molecule has 0 radical (unpaired) electrons. The lowest BCUT2D eigenvalue weighted by molar-refractivity contribution is -0.125. The summed E-state index contributed by atoms with van der Waals surface area (Å²) in [5, 5.41) is 3.12. The molecule has 1 saturated carbocycles. The van der Waals surface area contributed by atoms with Gasteiger partial charge in [0.25, 0.3) is 0 Å². The number of amides is 1. The number of nitrogens with two attached hydrogens (primary N) is 1. The fraction of sp³-hybridized carbons (Fsp3) is 0.533. The maximum Gasteiger partial charge on any atom is 0.227 e. The molecule has 3 unspecified atom stereocenters. The Morgan fingerprint density at radius 1 is 1.39 bits per heavy atom. The van der Waals surface area contributed by atoms with Gasteiger partial charge in [-0.15, -0.1) is 0 Å². The summed E-state index contributed by atoms with van der Waals surface area (Å²) in [7, 11) is 0. The third kappa shape index (κ3) is 2.27. The number of hydrogen-bond donors (Lipinski definition) is 2. The largest absolute Gasteiger partial charge is 0.352 e. The van der Waals surface area contributed by atoms with E-state index in [2.05, 4.69) is 19.2 Å². The summed E-state index contributed by atoms with van der Waals surface area (Å²) in [5.41, 5.74) is 7.02. The molecule has 3 atom stereocenters. The molecular formula is C15H22N2O. The van der Waals surface area contributed by atoms with Crippen LogP contribution in [0.5, 0.6) is 0 Å². The Kier molecular flexibility index (Phi) is 3.44. The van der Waals surface area contributed by atoms with Gasteiger partial charge in [0.1, 0.15) is 0 Å². The van der Waals surface area contributed by atoms with E-state index < -0.39 is 0 Å². The van der Waals surface area contributed by atoms with E-state index >= 15 is 0 Å². The van der Waals surface area contributed by atoms with Crippen LogP contribution in [0, 0.1) is 5.41 Å². The van der Waals surface area contributed by atoms with Crippen LogP contribution >= 0.6 is 0 Å². The Bertz CT molecular complexity index is 427. The summed E-state index contributed by atoms with van der Waals surface area (Å²) in [6.07, 6.45) is 0.875. The fourth-order valence-corrected chi connectivity index (χ4v) is 2.39. The summed E-state index contributed by atoms with van der Waals surface area (Å²) >= 11 is 0. The molecule has 1 aliphatic carbocycles. The van der Waals surface area contributed by atoms with Crippen molar-refractivity contribution in [3.63, 3.8) is 0 Å². The zero-order valence-electron chi connectivity index (χ0n) is 11.3. The summed E-state index contributed by atoms with van der Waals surface area (Å²) < 4.78 is 0. The second-order valence-electron chi connectivity index (χ2n) is 5.86. The first kappa shape index (κ1) is 13.1. The second-order valence-corrected chi connectivity index (χ2v) is 5.86. The molecule has 1 aromatic rings. The van der Waals surface area contributed by atoms with E-state index in [1.165, 1.54) is 0 Å². The van der Waals surface area contributed by atoms with Gasteiger partial charge in [-0.25, -0.2) is 0 Å². The van der Waals surface area contributed by atoms with Crippen molar-refractivity contribution in [3.8, 4) is 0 Å². The highest BCUT2D eigenvalue weighted by molar-refractivity contribution is 5.83. The highest BCUT2D eigenvalue weighted by Gasteiger charge is 2.46. The predicted molar refractivity (Wildman–Crippen MR) is 73.2 cm³/mol. The third-order valence-corrected chi connectivity index (χ3v) is 4.35. The highest BCUT2D eigenvalue weighted by Crippen LogP contribution is 2.39. The molecule has 0 bridgehead atoms. The minimum absolute atomic E-state index is 0.00602. The summed E-state index contributed by atoms with van der Waals surface area (Å²) in [6.45, 7) is 6.16. The smallest absolute Gasteiger partial charge is 0.227 e. The van der Waals surface area contributed by atoms with Crippen LogP contribution in [0.2, 0.25) is 0 Å². The van der Waals surface area contributed by atoms with Crippen molar-refractivity contribution in [2.75, 3.05) is 0 Å². The number of hydrogen-bond acceptors (Lipinski definition) is 2. The van der Waals surface area contributed by atoms with Gasteiger partial charge in [0.15, 0.2) is 0 Å². The predicted octanol–water partition coefficient (Wildman–Crippen LogP) is 2.03. The second kappa shape index (κ2) is 4.73. The first-order valence-corrected chi connectivity index (χ1v) is 6.54. The molecule has 0 saturated heterocycles. The maximum atomic E-state index is 12.2. The van der Waals surface area contributed by atoms with Crippen LogP contribution < -0.4 is 11.1 Å². The lowest BCUT2D eigenvalue weighted by Gasteiger charge is -2.50. The fourth-order valence-electron chi connectivity index (χ4n) is 2.39. The van der Waals surface area contributed by atoms with Gasteiger partial charge in [-0.2, -0.15) is 0 Å². The quantitative estimate of drug-likeness (QED) is 0.857. The van der Waals surface area contributed by atoms with E-state index in [-0.39, 0.29) is 29.3 Å². The maximum absolute atomic E-state index is 12.2. The molecule has 1 aliphatic rings. The number of carbonyl (C=O) groups excluding carboxylic acids is 1. The molecule has 98 valence electrons. The molecule has 3 nitrogen and oxygen atoms in total. The summed E-state index contributed by atoms with van der Waals surface area (Å²) in [4.78, 5) is 12.2. The molecule has 1 amide bonds. The van der Waals surface area contributed by atoms with Gasteiger partial charge in [-0.05, 0) is 18.9 Å². The normalized spacial score (nSPS) is 27.1. The van der Waals surface area contributed by atoms with Crippen LogP contribution in [0.1, 0.15) is 38.7 Å². The van der Waals surface area contributed by atoms with Crippen molar-refractivity contribution in [1.29, 1.82) is 0 Å². The van der Waals surface area contributed by atoms with Crippen molar-refractivity contribution >= 4 is 5.91 Å². The lowest BCUT2D eigenvalue weighted by atomic mass is 9.63. The van der Waals surface area contributed by atoms with Gasteiger partial charge in [-0.3, -0.25) is 4.79 Å². The molecular weight excluding hydrogens is 224 g/mol. The van der Waals surface area contributed by atoms with Gasteiger partial charge >= 0.3 is 0 Å². The minimum atomic E-state index is -0.112. The van der Waals surface area contributed by atoms with E-state index in [1.54, 1.807) is 0 Å². The lowest BCUT2D eigenvalue weighted by Crippen LogP contribution is -2.64. The summed E-state index contributed by atoms with van der Waals surface area (Å²) in [5.74, 6) is -0.0231. The zero-order chi connectivity index (χ0) is 13.3. The monoisotopic (exact) mass is 246 g/mol. The molecule has 0 heterocycles. The van der Waals surface area contributed by atoms with E-state index in [9.17, 15) is 4.79 Å².